The molecule has 2 atom stereocenters. The summed E-state index contributed by atoms with van der Waals surface area (Å²) in [6, 6.07) is 40.1. The molecular formula is C34H29NO4. The molecule has 5 heteroatoms. The van der Waals surface area contributed by atoms with Crippen molar-refractivity contribution >= 4 is 11.7 Å². The third-order valence-corrected chi connectivity index (χ3v) is 8.31. The molecule has 3 aliphatic rings. The van der Waals surface area contributed by atoms with Gasteiger partial charge in [0.25, 0.3) is 5.79 Å². The van der Waals surface area contributed by atoms with Gasteiger partial charge in [-0.25, -0.2) is 4.89 Å². The Morgan fingerprint density at radius 3 is 1.87 bits per heavy atom. The van der Waals surface area contributed by atoms with Gasteiger partial charge in [-0.05, 0) is 22.8 Å². The lowest BCUT2D eigenvalue weighted by Crippen LogP contribution is -2.67. The Balaban J connectivity index is 1.40. The van der Waals surface area contributed by atoms with Crippen LogP contribution in [0.4, 0.5) is 0 Å². The van der Waals surface area contributed by atoms with Crippen molar-refractivity contribution in [1.29, 1.82) is 0 Å². The zero-order chi connectivity index (χ0) is 26.3. The molecule has 0 aromatic heterocycles. The van der Waals surface area contributed by atoms with Crippen molar-refractivity contribution in [2.45, 2.75) is 30.8 Å². The van der Waals surface area contributed by atoms with Gasteiger partial charge in [0.05, 0.1) is 0 Å². The van der Waals surface area contributed by atoms with Crippen LogP contribution >= 0.6 is 0 Å². The van der Waals surface area contributed by atoms with Crippen LogP contribution in [0, 0.1) is 5.41 Å². The zero-order valence-corrected chi connectivity index (χ0v) is 21.5. The highest BCUT2D eigenvalue weighted by molar-refractivity contribution is 5.91. The van der Waals surface area contributed by atoms with Gasteiger partial charge in [0.1, 0.15) is 11.2 Å². The predicted molar refractivity (Wildman–Crippen MR) is 148 cm³/mol. The number of carbonyl (C=O) groups excluding carboxylic acids is 1. The molecule has 0 saturated carbocycles. The summed E-state index contributed by atoms with van der Waals surface area (Å²) in [4.78, 5) is 29.6. The maximum absolute atomic E-state index is 14.8. The van der Waals surface area contributed by atoms with E-state index < -0.39 is 16.8 Å². The zero-order valence-electron chi connectivity index (χ0n) is 21.5. The Morgan fingerprint density at radius 2 is 1.26 bits per heavy atom. The summed E-state index contributed by atoms with van der Waals surface area (Å²) in [6.07, 6.45) is 2.83. The first-order valence-electron chi connectivity index (χ1n) is 13.4. The largest absolute Gasteiger partial charge is 0.458 e. The number of piperidine rings is 1. The van der Waals surface area contributed by atoms with Crippen molar-refractivity contribution in [3.05, 3.63) is 150 Å². The van der Waals surface area contributed by atoms with Crippen LogP contribution in [0.3, 0.4) is 0 Å². The molecule has 39 heavy (non-hydrogen) atoms. The minimum absolute atomic E-state index is 0.0110. The molecule has 3 heterocycles. The van der Waals surface area contributed by atoms with Crippen LogP contribution in [-0.2, 0) is 31.5 Å². The fourth-order valence-corrected chi connectivity index (χ4v) is 6.33. The van der Waals surface area contributed by atoms with E-state index in [1.165, 1.54) is 0 Å². The SMILES string of the molecule is O=C1N(Cc2ccccc2)CCC23OOC(c4ccccc4)(c4ccccc4)CC12C=C(c1ccccc1)O3. The summed E-state index contributed by atoms with van der Waals surface area (Å²) in [5.74, 6) is -0.621. The molecule has 7 rings (SSSR count). The van der Waals surface area contributed by atoms with Gasteiger partial charge in [0.2, 0.25) is 5.91 Å². The quantitative estimate of drug-likeness (QED) is 0.286. The average molecular weight is 516 g/mol. The molecule has 2 fully saturated rings. The third kappa shape index (κ3) is 3.73. The topological polar surface area (TPSA) is 48.0 Å². The Morgan fingerprint density at radius 1 is 0.692 bits per heavy atom. The van der Waals surface area contributed by atoms with E-state index in [4.69, 9.17) is 14.5 Å². The minimum atomic E-state index is -1.25. The van der Waals surface area contributed by atoms with Crippen LogP contribution in [0.1, 0.15) is 35.1 Å². The molecule has 3 aliphatic heterocycles. The molecular weight excluding hydrogens is 486 g/mol. The van der Waals surface area contributed by atoms with Crippen LogP contribution in [0.2, 0.25) is 0 Å². The van der Waals surface area contributed by atoms with E-state index in [0.29, 0.717) is 31.7 Å². The number of likely N-dealkylation sites (tertiary alicyclic amines) is 1. The summed E-state index contributed by atoms with van der Waals surface area (Å²) in [5.41, 5.74) is 1.73. The van der Waals surface area contributed by atoms with Gasteiger partial charge in [-0.15, -0.1) is 0 Å². The highest BCUT2D eigenvalue weighted by Gasteiger charge is 2.72. The number of ether oxygens (including phenoxy) is 1. The average Bonchev–Trinajstić information content (AvgIpc) is 3.37. The van der Waals surface area contributed by atoms with Crippen LogP contribution in [-0.4, -0.2) is 23.1 Å². The number of carbonyl (C=O) groups is 1. The summed E-state index contributed by atoms with van der Waals surface area (Å²) in [5, 5.41) is 0. The van der Waals surface area contributed by atoms with Crippen LogP contribution in [0.25, 0.3) is 5.76 Å². The van der Waals surface area contributed by atoms with Crippen LogP contribution in [0.15, 0.2) is 127 Å². The van der Waals surface area contributed by atoms with Crippen molar-refractivity contribution in [3.8, 4) is 0 Å². The monoisotopic (exact) mass is 515 g/mol. The molecule has 0 radical (unpaired) electrons. The molecule has 2 saturated heterocycles. The summed E-state index contributed by atoms with van der Waals surface area (Å²) >= 11 is 0. The number of hydrogen-bond acceptors (Lipinski definition) is 4. The highest BCUT2D eigenvalue weighted by Crippen LogP contribution is 2.63. The molecule has 194 valence electrons. The van der Waals surface area contributed by atoms with Crippen molar-refractivity contribution in [2.24, 2.45) is 5.41 Å². The van der Waals surface area contributed by atoms with E-state index >= 15 is 0 Å². The number of benzene rings is 4. The van der Waals surface area contributed by atoms with Gasteiger partial charge in [-0.1, -0.05) is 121 Å². The molecule has 0 N–H and O–H groups in total. The number of hydrogen-bond donors (Lipinski definition) is 0. The number of amides is 1. The molecule has 4 aromatic carbocycles. The van der Waals surface area contributed by atoms with E-state index in [1.54, 1.807) is 0 Å². The summed E-state index contributed by atoms with van der Waals surface area (Å²) in [6.45, 7) is 1.02. The Labute approximate surface area is 228 Å². The Kier molecular flexibility index (Phi) is 5.65. The van der Waals surface area contributed by atoms with Gasteiger partial charge in [0.15, 0.2) is 5.60 Å². The van der Waals surface area contributed by atoms with Gasteiger partial charge in [0, 0.05) is 31.5 Å². The van der Waals surface area contributed by atoms with E-state index in [9.17, 15) is 4.79 Å². The van der Waals surface area contributed by atoms with Crippen molar-refractivity contribution in [1.82, 2.24) is 4.90 Å². The molecule has 2 unspecified atom stereocenters. The van der Waals surface area contributed by atoms with Crippen molar-refractivity contribution < 1.29 is 19.3 Å². The fourth-order valence-electron chi connectivity index (χ4n) is 6.33. The van der Waals surface area contributed by atoms with E-state index in [-0.39, 0.29) is 5.91 Å². The Hall–Kier alpha value is -4.19. The van der Waals surface area contributed by atoms with Crippen molar-refractivity contribution in [3.63, 3.8) is 0 Å². The standard InChI is InChI=1S/C34H29NO4/c36-31-32-23-30(27-15-7-2-8-16-27)37-34(32,21-22-35(31)24-26-13-5-1-6-14-26)39-38-33(25-32,28-17-9-3-10-18-28)29-19-11-4-12-20-29/h1-20,23H,21-22,24-25H2. The fraction of sp³-hybridized carbons (Fsp3) is 0.206. The number of nitrogens with zero attached hydrogens (tertiary/aromatic N) is 1. The van der Waals surface area contributed by atoms with Crippen molar-refractivity contribution in [2.75, 3.05) is 6.54 Å². The first-order chi connectivity index (χ1) is 19.1. The smallest absolute Gasteiger partial charge is 0.260 e. The van der Waals surface area contributed by atoms with Gasteiger partial charge in [-0.3, -0.25) is 4.79 Å². The van der Waals surface area contributed by atoms with Crippen LogP contribution in [0.5, 0.6) is 0 Å². The second kappa shape index (κ2) is 9.23. The van der Waals surface area contributed by atoms with Crippen LogP contribution < -0.4 is 0 Å². The van der Waals surface area contributed by atoms with E-state index in [0.717, 1.165) is 22.3 Å². The maximum atomic E-state index is 14.8. The third-order valence-electron chi connectivity index (χ3n) is 8.31. The normalized spacial score (nSPS) is 25.3. The molecule has 1 amide bonds. The molecule has 5 nitrogen and oxygen atoms in total. The number of rotatable bonds is 5. The first kappa shape index (κ1) is 23.9. The van der Waals surface area contributed by atoms with Gasteiger partial charge >= 0.3 is 0 Å². The second-order valence-corrected chi connectivity index (χ2v) is 10.6. The van der Waals surface area contributed by atoms with Gasteiger partial charge < -0.3 is 9.64 Å². The lowest BCUT2D eigenvalue weighted by Gasteiger charge is -2.55. The van der Waals surface area contributed by atoms with E-state index in [2.05, 4.69) is 12.1 Å². The lowest BCUT2D eigenvalue weighted by molar-refractivity contribution is -0.501. The molecule has 0 aliphatic carbocycles. The summed E-state index contributed by atoms with van der Waals surface area (Å²) in [7, 11) is 0. The lowest BCUT2D eigenvalue weighted by atomic mass is 9.64. The maximum Gasteiger partial charge on any atom is 0.260 e. The molecule has 4 aromatic rings. The minimum Gasteiger partial charge on any atom is -0.458 e. The second-order valence-electron chi connectivity index (χ2n) is 10.6. The van der Waals surface area contributed by atoms with Gasteiger partial charge in [-0.2, -0.15) is 4.89 Å². The van der Waals surface area contributed by atoms with E-state index in [1.807, 2.05) is 120 Å². The molecule has 0 bridgehead atoms. The summed E-state index contributed by atoms with van der Waals surface area (Å²) < 4.78 is 6.63. The predicted octanol–water partition coefficient (Wildman–Crippen LogP) is 6.47. The first-order valence-corrected chi connectivity index (χ1v) is 13.4. The Bertz CT molecular complexity index is 1470. The highest BCUT2D eigenvalue weighted by atomic mass is 17.2. The molecule has 0 spiro atoms.